The van der Waals surface area contributed by atoms with Gasteiger partial charge in [-0.2, -0.15) is 0 Å². The van der Waals surface area contributed by atoms with Crippen molar-refractivity contribution in [3.8, 4) is 5.75 Å². The molecule has 0 spiro atoms. The molecule has 2 aromatic carbocycles. The zero-order chi connectivity index (χ0) is 20.1. The highest BCUT2D eigenvalue weighted by Crippen LogP contribution is 2.23. The molecule has 0 radical (unpaired) electrons. The van der Waals surface area contributed by atoms with E-state index in [0.717, 1.165) is 29.9 Å². The van der Waals surface area contributed by atoms with Crippen molar-refractivity contribution in [1.82, 2.24) is 20.2 Å². The average Bonchev–Trinajstić information content (AvgIpc) is 2.80. The standard InChI is InChI=1S/C22H24N4O3/c1-28-17-8-6-16(7-9-17)21(26-10-12-29-13-11-26)15-24-22(27)20-14-23-18-4-2-3-5-19(18)25-20/h2-9,14,21H,10-13,15H2,1H3,(H,24,27). The summed E-state index contributed by atoms with van der Waals surface area (Å²) in [4.78, 5) is 23.8. The fraction of sp³-hybridized carbons (Fsp3) is 0.318. The molecule has 29 heavy (non-hydrogen) atoms. The van der Waals surface area contributed by atoms with Crippen LogP contribution in [-0.4, -0.2) is 60.7 Å². The summed E-state index contributed by atoms with van der Waals surface area (Å²) in [5.41, 5.74) is 2.92. The molecule has 1 aliphatic heterocycles. The molecule has 1 atom stereocenters. The van der Waals surface area contributed by atoms with Crippen LogP contribution in [0.2, 0.25) is 0 Å². The number of benzene rings is 2. The maximum atomic E-state index is 12.7. The highest BCUT2D eigenvalue weighted by molar-refractivity contribution is 5.93. The number of morpholine rings is 1. The molecule has 0 aliphatic carbocycles. The van der Waals surface area contributed by atoms with E-state index in [1.54, 1.807) is 7.11 Å². The number of aromatic nitrogens is 2. The third-order valence-corrected chi connectivity index (χ3v) is 5.12. The van der Waals surface area contributed by atoms with Gasteiger partial charge in [0.25, 0.3) is 5.91 Å². The largest absolute Gasteiger partial charge is 0.497 e. The van der Waals surface area contributed by atoms with Crippen LogP contribution in [0.25, 0.3) is 11.0 Å². The van der Waals surface area contributed by atoms with Crippen LogP contribution in [0.3, 0.4) is 0 Å². The second-order valence-electron chi connectivity index (χ2n) is 6.89. The molecule has 1 aliphatic rings. The molecule has 150 valence electrons. The minimum atomic E-state index is -0.227. The second kappa shape index (κ2) is 8.98. The molecule has 3 aromatic rings. The number of hydrogen-bond acceptors (Lipinski definition) is 6. The SMILES string of the molecule is COc1ccc(C(CNC(=O)c2cnc3ccccc3n2)N2CCOCC2)cc1. The van der Waals surface area contributed by atoms with Crippen LogP contribution in [-0.2, 0) is 4.74 Å². The highest BCUT2D eigenvalue weighted by Gasteiger charge is 2.23. The molecule has 7 heteroatoms. The van der Waals surface area contributed by atoms with Crippen LogP contribution in [0.4, 0.5) is 0 Å². The van der Waals surface area contributed by atoms with Gasteiger partial charge in [-0.1, -0.05) is 24.3 Å². The number of carbonyl (C=O) groups is 1. The van der Waals surface area contributed by atoms with Gasteiger partial charge in [-0.25, -0.2) is 4.98 Å². The number of ether oxygens (including phenoxy) is 2. The van der Waals surface area contributed by atoms with Gasteiger partial charge in [-0.05, 0) is 29.8 Å². The van der Waals surface area contributed by atoms with Crippen molar-refractivity contribution in [2.45, 2.75) is 6.04 Å². The monoisotopic (exact) mass is 392 g/mol. The zero-order valence-electron chi connectivity index (χ0n) is 16.4. The van der Waals surface area contributed by atoms with Crippen molar-refractivity contribution in [1.29, 1.82) is 0 Å². The van der Waals surface area contributed by atoms with E-state index in [1.807, 2.05) is 48.5 Å². The van der Waals surface area contributed by atoms with E-state index in [2.05, 4.69) is 20.2 Å². The lowest BCUT2D eigenvalue weighted by atomic mass is 10.0. The number of rotatable bonds is 6. The second-order valence-corrected chi connectivity index (χ2v) is 6.89. The molecule has 4 rings (SSSR count). The van der Waals surface area contributed by atoms with Crippen molar-refractivity contribution >= 4 is 16.9 Å². The number of para-hydroxylation sites is 2. The molecular weight excluding hydrogens is 368 g/mol. The lowest BCUT2D eigenvalue weighted by molar-refractivity contribution is 0.0162. The Morgan fingerprint density at radius 2 is 1.86 bits per heavy atom. The number of nitrogens with zero attached hydrogens (tertiary/aromatic N) is 3. The molecule has 1 saturated heterocycles. The average molecular weight is 392 g/mol. The highest BCUT2D eigenvalue weighted by atomic mass is 16.5. The van der Waals surface area contributed by atoms with Gasteiger partial charge in [-0.15, -0.1) is 0 Å². The quantitative estimate of drug-likeness (QED) is 0.694. The summed E-state index contributed by atoms with van der Waals surface area (Å²) in [6.45, 7) is 3.50. The zero-order valence-corrected chi connectivity index (χ0v) is 16.4. The summed E-state index contributed by atoms with van der Waals surface area (Å²) >= 11 is 0. The van der Waals surface area contributed by atoms with Crippen LogP contribution >= 0.6 is 0 Å². The molecule has 0 saturated carbocycles. The first kappa shape index (κ1) is 19.3. The van der Waals surface area contributed by atoms with E-state index in [-0.39, 0.29) is 11.9 Å². The van der Waals surface area contributed by atoms with Crippen molar-refractivity contribution in [3.63, 3.8) is 0 Å². The van der Waals surface area contributed by atoms with Gasteiger partial charge >= 0.3 is 0 Å². The summed E-state index contributed by atoms with van der Waals surface area (Å²) in [5.74, 6) is 0.583. The van der Waals surface area contributed by atoms with E-state index < -0.39 is 0 Å². The predicted molar refractivity (Wildman–Crippen MR) is 110 cm³/mol. The molecule has 1 amide bonds. The molecule has 1 N–H and O–H groups in total. The van der Waals surface area contributed by atoms with Crippen LogP contribution in [0.15, 0.2) is 54.7 Å². The molecule has 2 heterocycles. The Morgan fingerprint density at radius 1 is 1.14 bits per heavy atom. The molecular formula is C22H24N4O3. The smallest absolute Gasteiger partial charge is 0.271 e. The van der Waals surface area contributed by atoms with E-state index in [0.29, 0.717) is 31.0 Å². The van der Waals surface area contributed by atoms with Crippen molar-refractivity contribution in [2.24, 2.45) is 0 Å². The van der Waals surface area contributed by atoms with Gasteiger partial charge in [0.05, 0.1) is 43.6 Å². The third-order valence-electron chi connectivity index (χ3n) is 5.12. The van der Waals surface area contributed by atoms with Gasteiger partial charge in [-0.3, -0.25) is 14.7 Å². The number of carbonyl (C=O) groups excluding carboxylic acids is 1. The summed E-state index contributed by atoms with van der Waals surface area (Å²) in [6.07, 6.45) is 1.52. The molecule has 7 nitrogen and oxygen atoms in total. The van der Waals surface area contributed by atoms with Gasteiger partial charge < -0.3 is 14.8 Å². The first-order chi connectivity index (χ1) is 14.2. The predicted octanol–water partition coefficient (Wildman–Crippen LogP) is 2.44. The third kappa shape index (κ3) is 4.52. The van der Waals surface area contributed by atoms with Crippen molar-refractivity contribution in [3.05, 3.63) is 66.0 Å². The van der Waals surface area contributed by atoms with E-state index >= 15 is 0 Å². The first-order valence-corrected chi connectivity index (χ1v) is 9.70. The maximum Gasteiger partial charge on any atom is 0.271 e. The lowest BCUT2D eigenvalue weighted by Gasteiger charge is -2.35. The minimum Gasteiger partial charge on any atom is -0.497 e. The summed E-state index contributed by atoms with van der Waals surface area (Å²) in [7, 11) is 1.65. The normalized spacial score (nSPS) is 15.8. The van der Waals surface area contributed by atoms with Gasteiger partial charge in [0, 0.05) is 19.6 Å². The van der Waals surface area contributed by atoms with E-state index in [1.165, 1.54) is 6.20 Å². The first-order valence-electron chi connectivity index (χ1n) is 9.70. The van der Waals surface area contributed by atoms with Gasteiger partial charge in [0.1, 0.15) is 11.4 Å². The maximum absolute atomic E-state index is 12.7. The number of amides is 1. The van der Waals surface area contributed by atoms with Gasteiger partial charge in [0.15, 0.2) is 0 Å². The topological polar surface area (TPSA) is 76.6 Å². The van der Waals surface area contributed by atoms with Crippen LogP contribution in [0, 0.1) is 0 Å². The van der Waals surface area contributed by atoms with E-state index in [9.17, 15) is 4.79 Å². The minimum absolute atomic E-state index is 0.0437. The Kier molecular flexibility index (Phi) is 5.97. The fourth-order valence-electron chi connectivity index (χ4n) is 3.52. The van der Waals surface area contributed by atoms with E-state index in [4.69, 9.17) is 9.47 Å². The Balaban J connectivity index is 1.50. The number of nitrogens with one attached hydrogen (secondary N) is 1. The van der Waals surface area contributed by atoms with Crippen LogP contribution in [0.5, 0.6) is 5.75 Å². The van der Waals surface area contributed by atoms with Crippen LogP contribution in [0.1, 0.15) is 22.1 Å². The molecule has 0 bridgehead atoms. The van der Waals surface area contributed by atoms with Crippen molar-refractivity contribution < 1.29 is 14.3 Å². The molecule has 1 unspecified atom stereocenters. The Morgan fingerprint density at radius 3 is 2.59 bits per heavy atom. The number of hydrogen-bond donors (Lipinski definition) is 1. The van der Waals surface area contributed by atoms with Crippen molar-refractivity contribution in [2.75, 3.05) is 40.0 Å². The Bertz CT molecular complexity index is 971. The Labute approximate surface area is 169 Å². The lowest BCUT2D eigenvalue weighted by Crippen LogP contribution is -2.43. The summed E-state index contributed by atoms with van der Waals surface area (Å²) < 4.78 is 10.8. The Hall–Kier alpha value is -3.03. The fourth-order valence-corrected chi connectivity index (χ4v) is 3.52. The summed E-state index contributed by atoms with van der Waals surface area (Å²) in [6, 6.07) is 15.5. The van der Waals surface area contributed by atoms with Crippen LogP contribution < -0.4 is 10.1 Å². The molecule has 1 aromatic heterocycles. The number of methoxy groups -OCH3 is 1. The number of fused-ring (bicyclic) bond motifs is 1. The molecule has 1 fully saturated rings. The summed E-state index contributed by atoms with van der Waals surface area (Å²) in [5, 5.41) is 3.03. The van der Waals surface area contributed by atoms with Gasteiger partial charge in [0.2, 0.25) is 0 Å².